The number of likely N-dealkylation sites (tertiary alicyclic amines) is 1. The smallest absolute Gasteiger partial charge is 0.254 e. The van der Waals surface area contributed by atoms with Crippen molar-refractivity contribution in [1.82, 2.24) is 14.9 Å². The number of hydrogen-bond donors (Lipinski definition) is 3. The number of amides is 1. The van der Waals surface area contributed by atoms with Gasteiger partial charge in [-0.15, -0.1) is 0 Å². The lowest BCUT2D eigenvalue weighted by Gasteiger charge is -2.38. The van der Waals surface area contributed by atoms with Gasteiger partial charge >= 0.3 is 0 Å². The number of aliphatic hydroxyl groups excluding tert-OH is 1. The van der Waals surface area contributed by atoms with Crippen LogP contribution in [-0.2, 0) is 0 Å². The van der Waals surface area contributed by atoms with Crippen LogP contribution in [0.25, 0.3) is 11.4 Å². The van der Waals surface area contributed by atoms with Gasteiger partial charge in [0.05, 0.1) is 18.7 Å². The van der Waals surface area contributed by atoms with E-state index >= 15 is 0 Å². The molecule has 3 rings (SSSR count). The lowest BCUT2D eigenvalue weighted by molar-refractivity contribution is -0.0598. The summed E-state index contributed by atoms with van der Waals surface area (Å²) in [6, 6.07) is 7.26. The van der Waals surface area contributed by atoms with Crippen LogP contribution < -0.4 is 0 Å². The molecule has 0 spiro atoms. The molecule has 1 fully saturated rings. The number of nitrogens with one attached hydrogen (secondary N) is 1. The van der Waals surface area contributed by atoms with Crippen LogP contribution in [0, 0.1) is 0 Å². The van der Waals surface area contributed by atoms with Gasteiger partial charge in [0.1, 0.15) is 11.4 Å². The van der Waals surface area contributed by atoms with Gasteiger partial charge in [-0.05, 0) is 18.9 Å². The van der Waals surface area contributed by atoms with E-state index in [2.05, 4.69) is 9.97 Å². The van der Waals surface area contributed by atoms with Crippen molar-refractivity contribution in [2.75, 3.05) is 19.7 Å². The van der Waals surface area contributed by atoms with Crippen molar-refractivity contribution in [3.8, 4) is 11.4 Å². The van der Waals surface area contributed by atoms with Crippen LogP contribution in [0.15, 0.2) is 36.7 Å². The number of benzene rings is 1. The standard InChI is InChI=1S/C16H19N3O3/c20-11-16(22)6-3-9-19(10-16)15(21)13-5-2-1-4-12(13)14-17-7-8-18-14/h1-2,4-5,7-8,20,22H,3,6,9-11H2,(H,17,18)/t16-/m1/s1. The number of imidazole rings is 1. The molecule has 3 N–H and O–H groups in total. The maximum absolute atomic E-state index is 12.8. The molecule has 0 saturated carbocycles. The Hall–Kier alpha value is -2.18. The highest BCUT2D eigenvalue weighted by Gasteiger charge is 2.35. The van der Waals surface area contributed by atoms with E-state index in [1.165, 1.54) is 0 Å². The van der Waals surface area contributed by atoms with Gasteiger partial charge in [-0.25, -0.2) is 4.98 Å². The molecule has 1 saturated heterocycles. The minimum Gasteiger partial charge on any atom is -0.393 e. The molecule has 6 heteroatoms. The number of rotatable bonds is 3. The number of β-amino-alcohol motifs (C(OH)–C–C–N with tert-alkyl or cyclic N) is 1. The first-order chi connectivity index (χ1) is 10.6. The molecule has 1 aliphatic rings. The highest BCUT2D eigenvalue weighted by molar-refractivity contribution is 6.00. The Morgan fingerprint density at radius 3 is 2.95 bits per heavy atom. The summed E-state index contributed by atoms with van der Waals surface area (Å²) < 4.78 is 0. The normalized spacial score (nSPS) is 21.8. The van der Waals surface area contributed by atoms with E-state index < -0.39 is 5.60 Å². The van der Waals surface area contributed by atoms with Crippen LogP contribution in [-0.4, -0.2) is 56.3 Å². The van der Waals surface area contributed by atoms with Gasteiger partial charge in [0.15, 0.2) is 0 Å². The SMILES string of the molecule is O=C(c1ccccc1-c1ncc[nH]1)N1CCC[C@](O)(CO)C1. The van der Waals surface area contributed by atoms with Gasteiger partial charge in [0.25, 0.3) is 5.91 Å². The summed E-state index contributed by atoms with van der Waals surface area (Å²) in [5.41, 5.74) is 0.0725. The summed E-state index contributed by atoms with van der Waals surface area (Å²) >= 11 is 0. The van der Waals surface area contributed by atoms with Gasteiger partial charge in [0, 0.05) is 24.5 Å². The molecular weight excluding hydrogens is 282 g/mol. The molecule has 2 heterocycles. The molecule has 22 heavy (non-hydrogen) atoms. The number of aromatic nitrogens is 2. The fraction of sp³-hybridized carbons (Fsp3) is 0.375. The van der Waals surface area contributed by atoms with Gasteiger partial charge in [0.2, 0.25) is 0 Å². The van der Waals surface area contributed by atoms with Crippen molar-refractivity contribution in [3.05, 3.63) is 42.2 Å². The average molecular weight is 301 g/mol. The molecule has 1 atom stereocenters. The van der Waals surface area contributed by atoms with E-state index in [0.29, 0.717) is 30.8 Å². The van der Waals surface area contributed by atoms with Crippen molar-refractivity contribution in [2.24, 2.45) is 0 Å². The Bertz CT molecular complexity index is 656. The topological polar surface area (TPSA) is 89.5 Å². The minimum atomic E-state index is -1.20. The number of H-pyrrole nitrogens is 1. The third-order valence-corrected chi connectivity index (χ3v) is 4.05. The second-order valence-corrected chi connectivity index (χ2v) is 5.70. The van der Waals surface area contributed by atoms with Crippen molar-refractivity contribution < 1.29 is 15.0 Å². The Morgan fingerprint density at radius 2 is 2.23 bits per heavy atom. The molecule has 1 aromatic heterocycles. The largest absolute Gasteiger partial charge is 0.393 e. The summed E-state index contributed by atoms with van der Waals surface area (Å²) in [7, 11) is 0. The zero-order valence-electron chi connectivity index (χ0n) is 12.2. The molecule has 1 aromatic carbocycles. The number of hydrogen-bond acceptors (Lipinski definition) is 4. The Kier molecular flexibility index (Phi) is 3.96. The van der Waals surface area contributed by atoms with Crippen LogP contribution in [0.3, 0.4) is 0 Å². The molecule has 1 amide bonds. The lowest BCUT2D eigenvalue weighted by Crippen LogP contribution is -2.52. The van der Waals surface area contributed by atoms with E-state index in [0.717, 1.165) is 5.56 Å². The molecule has 2 aromatic rings. The second-order valence-electron chi connectivity index (χ2n) is 5.70. The predicted molar refractivity (Wildman–Crippen MR) is 81.2 cm³/mol. The van der Waals surface area contributed by atoms with Crippen LogP contribution in [0.2, 0.25) is 0 Å². The quantitative estimate of drug-likeness (QED) is 0.790. The molecule has 0 aliphatic carbocycles. The van der Waals surface area contributed by atoms with Crippen molar-refractivity contribution in [3.63, 3.8) is 0 Å². The Morgan fingerprint density at radius 1 is 1.41 bits per heavy atom. The van der Waals surface area contributed by atoms with Crippen LogP contribution in [0.1, 0.15) is 23.2 Å². The third-order valence-electron chi connectivity index (χ3n) is 4.05. The van der Waals surface area contributed by atoms with Crippen LogP contribution >= 0.6 is 0 Å². The first-order valence-electron chi connectivity index (χ1n) is 7.34. The molecule has 0 bridgehead atoms. The van der Waals surface area contributed by atoms with E-state index in [-0.39, 0.29) is 19.1 Å². The average Bonchev–Trinajstić information content (AvgIpc) is 3.08. The van der Waals surface area contributed by atoms with E-state index in [4.69, 9.17) is 0 Å². The summed E-state index contributed by atoms with van der Waals surface area (Å²) in [6.07, 6.45) is 4.53. The maximum Gasteiger partial charge on any atom is 0.254 e. The maximum atomic E-state index is 12.8. The fourth-order valence-corrected chi connectivity index (χ4v) is 2.87. The predicted octanol–water partition coefficient (Wildman–Crippen LogP) is 1.04. The zero-order chi connectivity index (χ0) is 15.6. The number of piperidine rings is 1. The molecule has 0 radical (unpaired) electrons. The lowest BCUT2D eigenvalue weighted by atomic mass is 9.93. The minimum absolute atomic E-state index is 0.148. The number of aromatic amines is 1. The van der Waals surface area contributed by atoms with E-state index in [9.17, 15) is 15.0 Å². The first kappa shape index (κ1) is 14.7. The van der Waals surface area contributed by atoms with Crippen LogP contribution in [0.4, 0.5) is 0 Å². The van der Waals surface area contributed by atoms with Crippen molar-refractivity contribution >= 4 is 5.91 Å². The van der Waals surface area contributed by atoms with E-state index in [1.807, 2.05) is 18.2 Å². The Labute approximate surface area is 128 Å². The van der Waals surface area contributed by atoms with Gasteiger partial charge < -0.3 is 20.1 Å². The molecule has 1 aliphatic heterocycles. The summed E-state index contributed by atoms with van der Waals surface area (Å²) in [6.45, 7) is 0.388. The second kappa shape index (κ2) is 5.90. The van der Waals surface area contributed by atoms with Crippen molar-refractivity contribution in [2.45, 2.75) is 18.4 Å². The monoisotopic (exact) mass is 301 g/mol. The summed E-state index contributed by atoms with van der Waals surface area (Å²) in [5, 5.41) is 19.6. The fourth-order valence-electron chi connectivity index (χ4n) is 2.87. The molecule has 0 unspecified atom stereocenters. The van der Waals surface area contributed by atoms with Crippen LogP contribution in [0.5, 0.6) is 0 Å². The highest BCUT2D eigenvalue weighted by Crippen LogP contribution is 2.26. The van der Waals surface area contributed by atoms with E-state index in [1.54, 1.807) is 23.4 Å². The first-order valence-corrected chi connectivity index (χ1v) is 7.34. The number of carbonyl (C=O) groups is 1. The zero-order valence-corrected chi connectivity index (χ0v) is 12.2. The number of aliphatic hydroxyl groups is 2. The van der Waals surface area contributed by atoms with Gasteiger partial charge in [-0.1, -0.05) is 18.2 Å². The number of nitrogens with zero attached hydrogens (tertiary/aromatic N) is 2. The highest BCUT2D eigenvalue weighted by atomic mass is 16.3. The third kappa shape index (κ3) is 2.75. The van der Waals surface area contributed by atoms with Gasteiger partial charge in [-0.3, -0.25) is 4.79 Å². The van der Waals surface area contributed by atoms with Gasteiger partial charge in [-0.2, -0.15) is 0 Å². The number of carbonyl (C=O) groups excluding carboxylic acids is 1. The molecule has 116 valence electrons. The molecule has 6 nitrogen and oxygen atoms in total. The Balaban J connectivity index is 1.90. The molecular formula is C16H19N3O3. The summed E-state index contributed by atoms with van der Waals surface area (Å²) in [5.74, 6) is 0.483. The summed E-state index contributed by atoms with van der Waals surface area (Å²) in [4.78, 5) is 21.6. The van der Waals surface area contributed by atoms with Crippen molar-refractivity contribution in [1.29, 1.82) is 0 Å².